The molecule has 1 saturated heterocycles. The number of pyridine rings is 2. The lowest BCUT2D eigenvalue weighted by atomic mass is 9.81. The lowest BCUT2D eigenvalue weighted by Gasteiger charge is -2.39. The van der Waals surface area contributed by atoms with Crippen LogP contribution in [0.25, 0.3) is 33.8 Å². The number of anilines is 1. The van der Waals surface area contributed by atoms with E-state index >= 15 is 0 Å². The molecule has 4 aromatic heterocycles. The Morgan fingerprint density at radius 3 is 2.64 bits per heavy atom. The molecule has 5 heterocycles. The van der Waals surface area contributed by atoms with Crippen LogP contribution in [0.5, 0.6) is 0 Å². The highest BCUT2D eigenvalue weighted by atomic mass is 35.5. The van der Waals surface area contributed by atoms with Crippen LogP contribution in [0.3, 0.4) is 0 Å². The molecule has 222 valence electrons. The molecule has 0 aromatic carbocycles. The van der Waals surface area contributed by atoms with E-state index < -0.39 is 17.9 Å². The normalized spacial score (nSPS) is 24.8. The number of aromatic amines is 1. The summed E-state index contributed by atoms with van der Waals surface area (Å²) in [5, 5.41) is 4.25. The van der Waals surface area contributed by atoms with Gasteiger partial charge in [-0.1, -0.05) is 16.8 Å². The number of halogens is 4. The number of alkyl halides is 3. The Morgan fingerprint density at radius 1 is 1.07 bits per heavy atom. The van der Waals surface area contributed by atoms with Crippen LogP contribution in [0, 0.1) is 11.8 Å². The van der Waals surface area contributed by atoms with E-state index in [1.54, 1.807) is 18.3 Å². The van der Waals surface area contributed by atoms with Gasteiger partial charge in [0, 0.05) is 31.0 Å². The highest BCUT2D eigenvalue weighted by Crippen LogP contribution is 2.42. The van der Waals surface area contributed by atoms with Crippen LogP contribution in [-0.2, 0) is 11.3 Å². The lowest BCUT2D eigenvalue weighted by Crippen LogP contribution is -2.49. The predicted molar refractivity (Wildman–Crippen MR) is 148 cm³/mol. The average Bonchev–Trinajstić information content (AvgIpc) is 3.71. The fourth-order valence-corrected chi connectivity index (χ4v) is 7.02. The summed E-state index contributed by atoms with van der Waals surface area (Å²) in [6.07, 6.45) is 3.30. The molecule has 1 N–H and O–H groups in total. The van der Waals surface area contributed by atoms with Gasteiger partial charge in [0.2, 0.25) is 11.8 Å². The third kappa shape index (κ3) is 5.06. The summed E-state index contributed by atoms with van der Waals surface area (Å²) >= 11 is 6.34. The van der Waals surface area contributed by atoms with Crippen molar-refractivity contribution in [3.63, 3.8) is 0 Å². The molecule has 0 radical (unpaired) electrons. The van der Waals surface area contributed by atoms with E-state index in [0.717, 1.165) is 30.7 Å². The van der Waals surface area contributed by atoms with Gasteiger partial charge in [-0.3, -0.25) is 14.5 Å². The molecule has 2 saturated carbocycles. The first-order chi connectivity index (χ1) is 20.2. The number of hydrogen-bond donors (Lipinski definition) is 1. The van der Waals surface area contributed by atoms with Gasteiger partial charge in [-0.05, 0) is 63.0 Å². The van der Waals surface area contributed by atoms with Crippen LogP contribution in [0.15, 0.2) is 33.8 Å². The first-order valence-electron chi connectivity index (χ1n) is 14.3. The number of nitrogens with one attached hydrogen (secondary N) is 1. The molecule has 0 amide bonds. The van der Waals surface area contributed by atoms with Crippen molar-refractivity contribution in [3.05, 3.63) is 40.1 Å². The highest BCUT2D eigenvalue weighted by Gasteiger charge is 2.42. The van der Waals surface area contributed by atoms with Crippen molar-refractivity contribution in [1.29, 1.82) is 0 Å². The number of imidazole rings is 1. The molecule has 2 aliphatic carbocycles. The summed E-state index contributed by atoms with van der Waals surface area (Å²) in [6.45, 7) is 1.71. The maximum Gasteiger partial charge on any atom is 0.439 e. The monoisotopic (exact) mass is 603 g/mol. The van der Waals surface area contributed by atoms with E-state index in [4.69, 9.17) is 30.8 Å². The maximum absolute atomic E-state index is 13.4. The number of H-pyrrole nitrogens is 1. The summed E-state index contributed by atoms with van der Waals surface area (Å²) in [5.41, 5.74) is 2.85. The standard InChI is InChI=1S/C28H29ClF3N7O3/c29-18-10-16(12-33-13-18)23-24-19(11-20(34-23)25-36-27(40)42-37-25)35-26(38-8-9-41-22-3-1-2-21(22)38)39(24)14-15-4-6-17(7-5-15)28(30,31)32/h10-13,15,17,21-22H,1-9,14H2,(H,36,37,40)/t15?,17?,21-,22-/m0/s1. The van der Waals surface area contributed by atoms with E-state index in [-0.39, 0.29) is 36.7 Å². The highest BCUT2D eigenvalue weighted by molar-refractivity contribution is 6.30. The van der Waals surface area contributed by atoms with E-state index in [1.807, 2.05) is 0 Å². The van der Waals surface area contributed by atoms with E-state index in [9.17, 15) is 18.0 Å². The molecule has 3 fully saturated rings. The minimum atomic E-state index is -4.17. The Bertz CT molecular complexity index is 1660. The van der Waals surface area contributed by atoms with Gasteiger partial charge in [-0.25, -0.2) is 14.8 Å². The predicted octanol–water partition coefficient (Wildman–Crippen LogP) is 5.62. The lowest BCUT2D eigenvalue weighted by molar-refractivity contribution is -0.184. The Labute approximate surface area is 243 Å². The van der Waals surface area contributed by atoms with Crippen LogP contribution in [0.4, 0.5) is 19.1 Å². The van der Waals surface area contributed by atoms with Gasteiger partial charge in [0.05, 0.1) is 46.4 Å². The van der Waals surface area contributed by atoms with Gasteiger partial charge >= 0.3 is 11.9 Å². The van der Waals surface area contributed by atoms with E-state index in [0.29, 0.717) is 60.0 Å². The topological polar surface area (TPSA) is 115 Å². The number of hydrogen-bond acceptors (Lipinski definition) is 8. The third-order valence-electron chi connectivity index (χ3n) is 8.86. The van der Waals surface area contributed by atoms with Gasteiger partial charge < -0.3 is 14.2 Å². The summed E-state index contributed by atoms with van der Waals surface area (Å²) in [6, 6.07) is 3.65. The van der Waals surface area contributed by atoms with E-state index in [2.05, 4.69) is 24.6 Å². The molecule has 14 heteroatoms. The second kappa shape index (κ2) is 10.7. The number of ether oxygens (including phenoxy) is 1. The summed E-state index contributed by atoms with van der Waals surface area (Å²) < 4.78 is 53.3. The fourth-order valence-electron chi connectivity index (χ4n) is 6.85. The minimum Gasteiger partial charge on any atom is -0.374 e. The van der Waals surface area contributed by atoms with Crippen molar-refractivity contribution < 1.29 is 22.4 Å². The quantitative estimate of drug-likeness (QED) is 0.313. The minimum absolute atomic E-state index is 0.0390. The second-order valence-corrected chi connectivity index (χ2v) is 11.9. The van der Waals surface area contributed by atoms with Crippen LogP contribution in [0.1, 0.15) is 44.9 Å². The molecule has 1 aliphatic heterocycles. The molecule has 0 unspecified atom stereocenters. The van der Waals surface area contributed by atoms with Crippen LogP contribution in [0.2, 0.25) is 5.02 Å². The first-order valence-corrected chi connectivity index (χ1v) is 14.7. The number of rotatable bonds is 5. The molecule has 10 nitrogen and oxygen atoms in total. The van der Waals surface area contributed by atoms with Crippen LogP contribution < -0.4 is 10.7 Å². The zero-order chi connectivity index (χ0) is 29.0. The molecule has 0 bridgehead atoms. The van der Waals surface area contributed by atoms with Crippen molar-refractivity contribution in [2.45, 2.75) is 69.8 Å². The molecule has 7 rings (SSSR count). The van der Waals surface area contributed by atoms with Gasteiger partial charge in [0.1, 0.15) is 5.69 Å². The Hall–Kier alpha value is -3.45. The SMILES string of the molecule is O=c1[nH]c(-c2cc3nc(N4CCO[C@H]5CCC[C@@H]54)n(CC4CCC(C(F)(F)F)CC4)c3c(-c3cncc(Cl)c3)n2)no1. The van der Waals surface area contributed by atoms with Gasteiger partial charge in [-0.2, -0.15) is 13.2 Å². The van der Waals surface area contributed by atoms with Gasteiger partial charge in [0.25, 0.3) is 0 Å². The molecule has 3 aliphatic rings. The zero-order valence-corrected chi connectivity index (χ0v) is 23.4. The Kier molecular flexibility index (Phi) is 6.96. The van der Waals surface area contributed by atoms with E-state index in [1.165, 1.54) is 6.20 Å². The molecule has 2 atom stereocenters. The summed E-state index contributed by atoms with van der Waals surface area (Å²) in [5.74, 6) is -1.03. The van der Waals surface area contributed by atoms with Gasteiger partial charge in [0.15, 0.2) is 0 Å². The number of aromatic nitrogens is 6. The molecule has 0 spiro atoms. The van der Waals surface area contributed by atoms with Crippen molar-refractivity contribution >= 4 is 28.6 Å². The number of morpholine rings is 1. The summed E-state index contributed by atoms with van der Waals surface area (Å²) in [4.78, 5) is 30.9. The van der Waals surface area contributed by atoms with Crippen LogP contribution in [-0.4, -0.2) is 61.1 Å². The zero-order valence-electron chi connectivity index (χ0n) is 22.6. The maximum atomic E-state index is 13.4. The summed E-state index contributed by atoms with van der Waals surface area (Å²) in [7, 11) is 0. The van der Waals surface area contributed by atoms with Gasteiger partial charge in [-0.15, -0.1) is 0 Å². The van der Waals surface area contributed by atoms with Crippen molar-refractivity contribution in [2.75, 3.05) is 18.1 Å². The largest absolute Gasteiger partial charge is 0.439 e. The number of fused-ring (bicyclic) bond motifs is 2. The third-order valence-corrected chi connectivity index (χ3v) is 9.06. The van der Waals surface area contributed by atoms with Crippen LogP contribution >= 0.6 is 11.6 Å². The number of nitrogens with zero attached hydrogens (tertiary/aromatic N) is 6. The molecule has 4 aromatic rings. The smallest absolute Gasteiger partial charge is 0.374 e. The van der Waals surface area contributed by atoms with Crippen molar-refractivity contribution in [2.24, 2.45) is 11.8 Å². The first kappa shape index (κ1) is 27.4. The average molecular weight is 604 g/mol. The van der Waals surface area contributed by atoms with Crippen molar-refractivity contribution in [3.8, 4) is 22.8 Å². The second-order valence-electron chi connectivity index (χ2n) is 11.4. The Balaban J connectivity index is 1.39. The fraction of sp³-hybridized carbons (Fsp3) is 0.536. The molecular formula is C28H29ClF3N7O3. The molecular weight excluding hydrogens is 575 g/mol. The van der Waals surface area contributed by atoms with Crippen molar-refractivity contribution in [1.82, 2.24) is 29.7 Å². The molecule has 42 heavy (non-hydrogen) atoms. The Morgan fingerprint density at radius 2 is 1.90 bits per heavy atom.